The van der Waals surface area contributed by atoms with Crippen LogP contribution in [0.3, 0.4) is 0 Å². The van der Waals surface area contributed by atoms with E-state index in [1.165, 1.54) is 0 Å². The number of carbonyl (C=O) groups excluding carboxylic acids is 2. The molecule has 1 saturated heterocycles. The SMILES string of the molecule is CCC[C@@H](CC(=O)N1CCOC1=O)NOCc1ccccc1. The van der Waals surface area contributed by atoms with Gasteiger partial charge in [-0.05, 0) is 12.0 Å². The molecule has 6 heteroatoms. The fraction of sp³-hybridized carbons (Fsp3) is 0.500. The van der Waals surface area contributed by atoms with Crippen LogP contribution in [0.25, 0.3) is 0 Å². The molecular weight excluding hydrogens is 284 g/mol. The number of cyclic esters (lactones) is 1. The Morgan fingerprint density at radius 3 is 2.82 bits per heavy atom. The summed E-state index contributed by atoms with van der Waals surface area (Å²) in [5, 5.41) is 0. The van der Waals surface area contributed by atoms with Crippen molar-refractivity contribution in [3.05, 3.63) is 35.9 Å². The summed E-state index contributed by atoms with van der Waals surface area (Å²) in [6.07, 6.45) is 1.39. The standard InChI is InChI=1S/C16H22N2O4/c1-2-6-14(11-15(19)18-9-10-21-16(18)20)17-22-12-13-7-4-3-5-8-13/h3-5,7-8,14,17H,2,6,9-12H2,1H3/t14-/m0/s1. The van der Waals surface area contributed by atoms with E-state index in [1.807, 2.05) is 37.3 Å². The Balaban J connectivity index is 1.79. The summed E-state index contributed by atoms with van der Waals surface area (Å²) in [6, 6.07) is 9.68. The molecule has 1 aliphatic rings. The molecule has 1 heterocycles. The largest absolute Gasteiger partial charge is 0.447 e. The fourth-order valence-corrected chi connectivity index (χ4v) is 2.31. The minimum absolute atomic E-state index is 0.116. The number of hydrogen-bond acceptors (Lipinski definition) is 5. The Labute approximate surface area is 130 Å². The number of nitrogens with one attached hydrogen (secondary N) is 1. The zero-order chi connectivity index (χ0) is 15.8. The van der Waals surface area contributed by atoms with Crippen LogP contribution in [0.2, 0.25) is 0 Å². The highest BCUT2D eigenvalue weighted by Crippen LogP contribution is 2.10. The average Bonchev–Trinajstić information content (AvgIpc) is 2.95. The first-order valence-electron chi connectivity index (χ1n) is 7.59. The normalized spacial score (nSPS) is 15.7. The van der Waals surface area contributed by atoms with Gasteiger partial charge in [-0.25, -0.2) is 9.69 Å². The lowest BCUT2D eigenvalue weighted by atomic mass is 10.1. The van der Waals surface area contributed by atoms with Gasteiger partial charge in [0.05, 0.1) is 13.2 Å². The lowest BCUT2D eigenvalue weighted by molar-refractivity contribution is -0.129. The topological polar surface area (TPSA) is 67.9 Å². The Bertz CT molecular complexity index is 492. The zero-order valence-electron chi connectivity index (χ0n) is 12.8. The quantitative estimate of drug-likeness (QED) is 0.746. The van der Waals surface area contributed by atoms with Crippen LogP contribution in [-0.2, 0) is 21.0 Å². The number of carbonyl (C=O) groups is 2. The molecule has 2 rings (SSSR count). The summed E-state index contributed by atoms with van der Waals surface area (Å²) in [6.45, 7) is 3.09. The van der Waals surface area contributed by atoms with Crippen molar-refractivity contribution in [2.24, 2.45) is 0 Å². The molecule has 2 amide bonds. The first kappa shape index (κ1) is 16.5. The van der Waals surface area contributed by atoms with Gasteiger partial charge in [0, 0.05) is 12.5 Å². The number of amides is 2. The van der Waals surface area contributed by atoms with E-state index < -0.39 is 6.09 Å². The summed E-state index contributed by atoms with van der Waals surface area (Å²) < 4.78 is 4.78. The maximum atomic E-state index is 12.1. The molecule has 0 saturated carbocycles. The van der Waals surface area contributed by atoms with Crippen molar-refractivity contribution in [2.75, 3.05) is 13.2 Å². The van der Waals surface area contributed by atoms with E-state index >= 15 is 0 Å². The fourth-order valence-electron chi connectivity index (χ4n) is 2.31. The number of hydroxylamine groups is 1. The molecule has 0 spiro atoms. The molecule has 0 aliphatic carbocycles. The summed E-state index contributed by atoms with van der Waals surface area (Å²) in [4.78, 5) is 30.1. The molecule has 0 unspecified atom stereocenters. The van der Waals surface area contributed by atoms with Crippen molar-refractivity contribution in [3.63, 3.8) is 0 Å². The molecule has 0 bridgehead atoms. The highest BCUT2D eigenvalue weighted by Gasteiger charge is 2.29. The maximum absolute atomic E-state index is 12.1. The van der Waals surface area contributed by atoms with Crippen molar-refractivity contribution in [2.45, 2.75) is 38.8 Å². The van der Waals surface area contributed by atoms with Crippen LogP contribution in [0.15, 0.2) is 30.3 Å². The van der Waals surface area contributed by atoms with Crippen molar-refractivity contribution >= 4 is 12.0 Å². The van der Waals surface area contributed by atoms with Crippen LogP contribution < -0.4 is 5.48 Å². The predicted molar refractivity (Wildman–Crippen MR) is 80.7 cm³/mol. The van der Waals surface area contributed by atoms with Crippen LogP contribution in [-0.4, -0.2) is 36.1 Å². The third kappa shape index (κ3) is 4.82. The molecule has 120 valence electrons. The highest BCUT2D eigenvalue weighted by molar-refractivity contribution is 5.93. The monoisotopic (exact) mass is 306 g/mol. The van der Waals surface area contributed by atoms with Crippen molar-refractivity contribution in [1.82, 2.24) is 10.4 Å². The molecule has 0 radical (unpaired) electrons. The molecular formula is C16H22N2O4. The molecule has 0 aromatic heterocycles. The van der Waals surface area contributed by atoms with Crippen LogP contribution in [0.4, 0.5) is 4.79 Å². The second-order valence-corrected chi connectivity index (χ2v) is 5.24. The summed E-state index contributed by atoms with van der Waals surface area (Å²) >= 11 is 0. The lowest BCUT2D eigenvalue weighted by Crippen LogP contribution is -2.38. The van der Waals surface area contributed by atoms with Crippen LogP contribution in [0.1, 0.15) is 31.7 Å². The van der Waals surface area contributed by atoms with Gasteiger partial charge in [-0.3, -0.25) is 9.63 Å². The molecule has 1 fully saturated rings. The van der Waals surface area contributed by atoms with Gasteiger partial charge in [-0.2, -0.15) is 5.48 Å². The summed E-state index contributed by atoms with van der Waals surface area (Å²) in [7, 11) is 0. The average molecular weight is 306 g/mol. The Morgan fingerprint density at radius 2 is 2.18 bits per heavy atom. The third-order valence-corrected chi connectivity index (χ3v) is 3.45. The molecule has 1 atom stereocenters. The Morgan fingerprint density at radius 1 is 1.41 bits per heavy atom. The molecule has 6 nitrogen and oxygen atoms in total. The number of nitrogens with zero attached hydrogens (tertiary/aromatic N) is 1. The number of rotatable bonds is 8. The zero-order valence-corrected chi connectivity index (χ0v) is 12.8. The van der Waals surface area contributed by atoms with E-state index in [0.29, 0.717) is 13.2 Å². The third-order valence-electron chi connectivity index (χ3n) is 3.45. The first-order chi connectivity index (χ1) is 10.7. The highest BCUT2D eigenvalue weighted by atomic mass is 16.6. The number of imide groups is 1. The van der Waals surface area contributed by atoms with E-state index in [4.69, 9.17) is 9.57 Å². The van der Waals surface area contributed by atoms with Gasteiger partial charge in [0.2, 0.25) is 5.91 Å². The molecule has 1 aromatic rings. The van der Waals surface area contributed by atoms with Gasteiger partial charge >= 0.3 is 6.09 Å². The van der Waals surface area contributed by atoms with Crippen LogP contribution in [0.5, 0.6) is 0 Å². The number of hydrogen-bond donors (Lipinski definition) is 1. The van der Waals surface area contributed by atoms with E-state index in [9.17, 15) is 9.59 Å². The molecule has 1 aliphatic heterocycles. The van der Waals surface area contributed by atoms with Gasteiger partial charge in [0.1, 0.15) is 6.61 Å². The lowest BCUT2D eigenvalue weighted by Gasteiger charge is -2.19. The van der Waals surface area contributed by atoms with Gasteiger partial charge < -0.3 is 4.74 Å². The Hall–Kier alpha value is -1.92. The van der Waals surface area contributed by atoms with Crippen molar-refractivity contribution in [3.8, 4) is 0 Å². The van der Waals surface area contributed by atoms with Gasteiger partial charge in [0.15, 0.2) is 0 Å². The van der Waals surface area contributed by atoms with Gasteiger partial charge in [-0.15, -0.1) is 0 Å². The van der Waals surface area contributed by atoms with E-state index in [-0.39, 0.29) is 25.0 Å². The van der Waals surface area contributed by atoms with E-state index in [2.05, 4.69) is 5.48 Å². The maximum Gasteiger partial charge on any atom is 0.416 e. The second-order valence-electron chi connectivity index (χ2n) is 5.24. The van der Waals surface area contributed by atoms with Crippen molar-refractivity contribution < 1.29 is 19.2 Å². The summed E-state index contributed by atoms with van der Waals surface area (Å²) in [5.74, 6) is -0.225. The number of benzene rings is 1. The van der Waals surface area contributed by atoms with Gasteiger partial charge in [0.25, 0.3) is 0 Å². The smallest absolute Gasteiger partial charge is 0.416 e. The minimum Gasteiger partial charge on any atom is -0.447 e. The van der Waals surface area contributed by atoms with Crippen LogP contribution in [0, 0.1) is 0 Å². The first-order valence-corrected chi connectivity index (χ1v) is 7.59. The predicted octanol–water partition coefficient (Wildman–Crippen LogP) is 2.25. The second kappa shape index (κ2) is 8.51. The minimum atomic E-state index is -0.551. The van der Waals surface area contributed by atoms with Crippen LogP contribution >= 0.6 is 0 Å². The molecule has 1 aromatic carbocycles. The summed E-state index contributed by atoms with van der Waals surface area (Å²) in [5.41, 5.74) is 3.99. The van der Waals surface area contributed by atoms with E-state index in [0.717, 1.165) is 23.3 Å². The molecule has 22 heavy (non-hydrogen) atoms. The van der Waals surface area contributed by atoms with Crippen molar-refractivity contribution in [1.29, 1.82) is 0 Å². The molecule has 1 N–H and O–H groups in total. The van der Waals surface area contributed by atoms with E-state index in [1.54, 1.807) is 0 Å². The van der Waals surface area contributed by atoms with Gasteiger partial charge in [-0.1, -0.05) is 43.7 Å². The Kier molecular flexibility index (Phi) is 6.36. The number of ether oxygens (including phenoxy) is 1.